The first-order chi connectivity index (χ1) is 14.1. The van der Waals surface area contributed by atoms with Gasteiger partial charge < -0.3 is 10.6 Å². The highest BCUT2D eigenvalue weighted by Crippen LogP contribution is 2.11. The van der Waals surface area contributed by atoms with Gasteiger partial charge in [0.15, 0.2) is 0 Å². The summed E-state index contributed by atoms with van der Waals surface area (Å²) in [6.07, 6.45) is 5.79. The molecule has 0 aliphatic carbocycles. The van der Waals surface area contributed by atoms with Gasteiger partial charge in [-0.15, -0.1) is 0 Å². The fourth-order valence-electron chi connectivity index (χ4n) is 3.34. The Kier molecular flexibility index (Phi) is 7.39. The van der Waals surface area contributed by atoms with Crippen molar-refractivity contribution in [2.75, 3.05) is 13.1 Å². The van der Waals surface area contributed by atoms with Crippen LogP contribution in [-0.2, 0) is 11.2 Å². The normalized spacial score (nSPS) is 10.8. The molecule has 2 heterocycles. The van der Waals surface area contributed by atoms with Crippen molar-refractivity contribution in [2.45, 2.75) is 39.0 Å². The monoisotopic (exact) mass is 392 g/mol. The van der Waals surface area contributed by atoms with Crippen LogP contribution in [0.25, 0.3) is 5.65 Å². The van der Waals surface area contributed by atoms with Crippen LogP contribution < -0.4 is 10.6 Å². The molecular formula is C23H28N4O2. The topological polar surface area (TPSA) is 75.5 Å². The second-order valence-electron chi connectivity index (χ2n) is 7.13. The van der Waals surface area contributed by atoms with Crippen molar-refractivity contribution in [3.05, 3.63) is 71.7 Å². The number of imidazole rings is 1. The Hall–Kier alpha value is -3.15. The van der Waals surface area contributed by atoms with Crippen LogP contribution in [-0.4, -0.2) is 34.3 Å². The number of carbonyl (C=O) groups excluding carboxylic acids is 2. The van der Waals surface area contributed by atoms with Crippen molar-refractivity contribution in [3.63, 3.8) is 0 Å². The number of rotatable bonds is 10. The molecule has 2 aromatic heterocycles. The molecule has 1 aromatic carbocycles. The van der Waals surface area contributed by atoms with Crippen LogP contribution in [0.2, 0.25) is 0 Å². The van der Waals surface area contributed by atoms with Gasteiger partial charge in [0.05, 0.1) is 5.69 Å². The van der Waals surface area contributed by atoms with E-state index in [1.165, 1.54) is 5.56 Å². The Morgan fingerprint density at radius 1 is 0.931 bits per heavy atom. The first-order valence-corrected chi connectivity index (χ1v) is 10.2. The lowest BCUT2D eigenvalue weighted by atomic mass is 10.1. The molecule has 2 amide bonds. The van der Waals surface area contributed by atoms with Crippen LogP contribution in [0.15, 0.2) is 54.7 Å². The van der Waals surface area contributed by atoms with Crippen LogP contribution in [0.4, 0.5) is 0 Å². The van der Waals surface area contributed by atoms with Gasteiger partial charge in [0.2, 0.25) is 5.91 Å². The number of nitrogens with zero attached hydrogens (tertiary/aromatic N) is 2. The van der Waals surface area contributed by atoms with Crippen LogP contribution in [0, 0.1) is 6.92 Å². The van der Waals surface area contributed by atoms with E-state index in [0.717, 1.165) is 37.0 Å². The summed E-state index contributed by atoms with van der Waals surface area (Å²) >= 11 is 0. The van der Waals surface area contributed by atoms with E-state index >= 15 is 0 Å². The molecular weight excluding hydrogens is 364 g/mol. The van der Waals surface area contributed by atoms with Crippen molar-refractivity contribution < 1.29 is 9.59 Å². The Morgan fingerprint density at radius 3 is 2.55 bits per heavy atom. The van der Waals surface area contributed by atoms with E-state index in [0.29, 0.717) is 25.2 Å². The zero-order chi connectivity index (χ0) is 20.5. The lowest BCUT2D eigenvalue weighted by molar-refractivity contribution is -0.121. The van der Waals surface area contributed by atoms with Gasteiger partial charge in [-0.1, -0.05) is 42.8 Å². The predicted molar refractivity (Wildman–Crippen MR) is 114 cm³/mol. The SMILES string of the molecule is Cc1nc2ccccn2c1C(=O)NCCCCCC(=O)NCCc1ccccc1. The van der Waals surface area contributed by atoms with Crippen LogP contribution in [0.5, 0.6) is 0 Å². The molecule has 0 aliphatic rings. The molecule has 6 heteroatoms. The van der Waals surface area contributed by atoms with Crippen LogP contribution >= 0.6 is 0 Å². The van der Waals surface area contributed by atoms with E-state index in [1.807, 2.05) is 53.9 Å². The molecule has 29 heavy (non-hydrogen) atoms. The fourth-order valence-corrected chi connectivity index (χ4v) is 3.34. The lowest BCUT2D eigenvalue weighted by Gasteiger charge is -2.07. The number of amides is 2. The number of benzene rings is 1. The Labute approximate surface area is 171 Å². The Morgan fingerprint density at radius 2 is 1.72 bits per heavy atom. The number of nitrogens with one attached hydrogen (secondary N) is 2. The van der Waals surface area contributed by atoms with Gasteiger partial charge in [-0.05, 0) is 43.9 Å². The Bertz CT molecular complexity index is 950. The average Bonchev–Trinajstić information content (AvgIpc) is 3.07. The minimum atomic E-state index is -0.111. The number of pyridine rings is 1. The minimum absolute atomic E-state index is 0.0892. The number of carbonyl (C=O) groups is 2. The van der Waals surface area contributed by atoms with Crippen molar-refractivity contribution in [1.29, 1.82) is 0 Å². The summed E-state index contributed by atoms with van der Waals surface area (Å²) in [7, 11) is 0. The highest BCUT2D eigenvalue weighted by Gasteiger charge is 2.15. The van der Waals surface area contributed by atoms with Gasteiger partial charge in [-0.3, -0.25) is 14.0 Å². The van der Waals surface area contributed by atoms with E-state index in [2.05, 4.69) is 27.8 Å². The zero-order valence-corrected chi connectivity index (χ0v) is 16.9. The molecule has 0 aliphatic heterocycles. The molecule has 6 nitrogen and oxygen atoms in total. The molecule has 2 N–H and O–H groups in total. The Balaban J connectivity index is 1.29. The zero-order valence-electron chi connectivity index (χ0n) is 16.9. The summed E-state index contributed by atoms with van der Waals surface area (Å²) in [6.45, 7) is 3.10. The smallest absolute Gasteiger partial charge is 0.270 e. The number of hydrogen-bond acceptors (Lipinski definition) is 3. The molecule has 0 unspecified atom stereocenters. The third kappa shape index (κ3) is 5.91. The molecule has 0 saturated carbocycles. The maximum Gasteiger partial charge on any atom is 0.270 e. The predicted octanol–water partition coefficient (Wildman–Crippen LogP) is 3.29. The highest BCUT2D eigenvalue weighted by molar-refractivity contribution is 5.94. The van der Waals surface area contributed by atoms with Crippen LogP contribution in [0.3, 0.4) is 0 Å². The number of unbranched alkanes of at least 4 members (excludes halogenated alkanes) is 2. The summed E-state index contributed by atoms with van der Waals surface area (Å²) < 4.78 is 1.81. The largest absolute Gasteiger partial charge is 0.356 e. The van der Waals surface area contributed by atoms with E-state index in [9.17, 15) is 9.59 Å². The van der Waals surface area contributed by atoms with Gasteiger partial charge in [0.25, 0.3) is 5.91 Å². The molecule has 3 rings (SSSR count). The molecule has 0 fully saturated rings. The summed E-state index contributed by atoms with van der Waals surface area (Å²) in [5.74, 6) is -0.0221. The van der Waals surface area contributed by atoms with Gasteiger partial charge in [0, 0.05) is 25.7 Å². The minimum Gasteiger partial charge on any atom is -0.356 e. The summed E-state index contributed by atoms with van der Waals surface area (Å²) in [4.78, 5) is 28.8. The molecule has 152 valence electrons. The summed E-state index contributed by atoms with van der Waals surface area (Å²) in [5.41, 5.74) is 3.30. The van der Waals surface area contributed by atoms with Crippen molar-refractivity contribution in [2.24, 2.45) is 0 Å². The molecule has 0 saturated heterocycles. The van der Waals surface area contributed by atoms with Gasteiger partial charge in [0.1, 0.15) is 11.3 Å². The average molecular weight is 393 g/mol. The third-order valence-corrected chi connectivity index (χ3v) is 4.86. The first-order valence-electron chi connectivity index (χ1n) is 10.2. The fraction of sp³-hybridized carbons (Fsp3) is 0.348. The second-order valence-corrected chi connectivity index (χ2v) is 7.13. The maximum absolute atomic E-state index is 12.5. The van der Waals surface area contributed by atoms with E-state index in [4.69, 9.17) is 0 Å². The number of aryl methyl sites for hydroxylation is 1. The molecule has 3 aromatic rings. The lowest BCUT2D eigenvalue weighted by Crippen LogP contribution is -2.27. The molecule has 0 spiro atoms. The maximum atomic E-state index is 12.5. The number of hydrogen-bond donors (Lipinski definition) is 2. The molecule has 0 radical (unpaired) electrons. The second kappa shape index (κ2) is 10.4. The van der Waals surface area contributed by atoms with Gasteiger partial charge in [-0.2, -0.15) is 0 Å². The quantitative estimate of drug-likeness (QED) is 0.520. The van der Waals surface area contributed by atoms with E-state index in [-0.39, 0.29) is 11.8 Å². The third-order valence-electron chi connectivity index (χ3n) is 4.86. The van der Waals surface area contributed by atoms with Gasteiger partial charge >= 0.3 is 0 Å². The number of fused-ring (bicyclic) bond motifs is 1. The van der Waals surface area contributed by atoms with E-state index in [1.54, 1.807) is 0 Å². The van der Waals surface area contributed by atoms with Gasteiger partial charge in [-0.25, -0.2) is 4.98 Å². The summed E-state index contributed by atoms with van der Waals surface area (Å²) in [6, 6.07) is 15.8. The van der Waals surface area contributed by atoms with Crippen LogP contribution in [0.1, 0.15) is 47.4 Å². The van der Waals surface area contributed by atoms with Crippen molar-refractivity contribution >= 4 is 17.5 Å². The van der Waals surface area contributed by atoms with E-state index < -0.39 is 0 Å². The standard InChI is InChI=1S/C23H28N4O2/c1-18-22(27-17-9-7-12-20(27)26-18)23(29)25-15-8-3-6-13-21(28)24-16-14-19-10-4-2-5-11-19/h2,4-5,7,9-12,17H,3,6,8,13-16H2,1H3,(H,24,28)(H,25,29). The van der Waals surface area contributed by atoms with Crippen molar-refractivity contribution in [1.82, 2.24) is 20.0 Å². The number of aromatic nitrogens is 2. The highest BCUT2D eigenvalue weighted by atomic mass is 16.2. The first kappa shape index (κ1) is 20.6. The van der Waals surface area contributed by atoms with Crippen molar-refractivity contribution in [3.8, 4) is 0 Å². The molecule has 0 bridgehead atoms. The molecule has 0 atom stereocenters. The summed E-state index contributed by atoms with van der Waals surface area (Å²) in [5, 5.41) is 5.92.